The number of thiazole rings is 1. The van der Waals surface area contributed by atoms with Gasteiger partial charge < -0.3 is 14.5 Å². The maximum atomic E-state index is 13.0. The minimum Gasteiger partial charge on any atom is -0.457 e. The van der Waals surface area contributed by atoms with Crippen molar-refractivity contribution in [2.24, 2.45) is 5.92 Å². The summed E-state index contributed by atoms with van der Waals surface area (Å²) in [5.41, 5.74) is 5.81. The maximum absolute atomic E-state index is 13.0. The van der Waals surface area contributed by atoms with E-state index in [9.17, 15) is 4.79 Å². The Morgan fingerprint density at radius 2 is 1.78 bits per heavy atom. The van der Waals surface area contributed by atoms with Gasteiger partial charge in [0.05, 0.1) is 22.3 Å². The van der Waals surface area contributed by atoms with Crippen molar-refractivity contribution >= 4 is 45.6 Å². The van der Waals surface area contributed by atoms with E-state index in [0.717, 1.165) is 78.1 Å². The van der Waals surface area contributed by atoms with Gasteiger partial charge in [0.1, 0.15) is 6.61 Å². The molecule has 0 spiro atoms. The molecule has 4 aromatic rings. The van der Waals surface area contributed by atoms with Crippen LogP contribution in [0.1, 0.15) is 64.2 Å². The Morgan fingerprint density at radius 1 is 1.02 bits per heavy atom. The van der Waals surface area contributed by atoms with E-state index in [1.165, 1.54) is 18.4 Å². The van der Waals surface area contributed by atoms with Crippen molar-refractivity contribution in [1.29, 1.82) is 0 Å². The molecule has 2 fully saturated rings. The quantitative estimate of drug-likeness (QED) is 0.140. The number of halogens is 2. The van der Waals surface area contributed by atoms with E-state index in [1.54, 1.807) is 17.4 Å². The van der Waals surface area contributed by atoms with E-state index < -0.39 is 0 Å². The highest BCUT2D eigenvalue weighted by atomic mass is 35.5. The van der Waals surface area contributed by atoms with E-state index in [-0.39, 0.29) is 18.6 Å². The molecule has 1 saturated heterocycles. The van der Waals surface area contributed by atoms with Crippen molar-refractivity contribution < 1.29 is 9.53 Å². The molecule has 2 aliphatic rings. The van der Waals surface area contributed by atoms with Crippen molar-refractivity contribution in [3.63, 3.8) is 0 Å². The normalized spacial score (nSPS) is 16.4. The summed E-state index contributed by atoms with van der Waals surface area (Å²) in [6.07, 6.45) is 3.43. The molecule has 0 bridgehead atoms. The molecule has 46 heavy (non-hydrogen) atoms. The van der Waals surface area contributed by atoms with Gasteiger partial charge >= 0.3 is 5.97 Å². The second-order valence-corrected chi connectivity index (χ2v) is 14.6. The Morgan fingerprint density at radius 3 is 2.48 bits per heavy atom. The first kappa shape index (κ1) is 33.0. The summed E-state index contributed by atoms with van der Waals surface area (Å²) in [6, 6.07) is 22.3. The van der Waals surface area contributed by atoms with Gasteiger partial charge in [0.15, 0.2) is 5.13 Å². The van der Waals surface area contributed by atoms with Gasteiger partial charge in [-0.15, -0.1) is 11.3 Å². The number of piperazine rings is 1. The van der Waals surface area contributed by atoms with Crippen LogP contribution in [0.5, 0.6) is 0 Å². The molecule has 1 atom stereocenters. The Labute approximate surface area is 286 Å². The number of hydrogen-bond donors (Lipinski definition) is 0. The molecular weight excluding hydrogens is 635 g/mol. The predicted molar refractivity (Wildman–Crippen MR) is 190 cm³/mol. The molecule has 2 heterocycles. The number of likely N-dealkylation sites (N-methyl/N-ethyl adjacent to an activating group) is 1. The van der Waals surface area contributed by atoms with Gasteiger partial charge in [0.2, 0.25) is 0 Å². The van der Waals surface area contributed by atoms with E-state index >= 15 is 0 Å². The number of anilines is 1. The van der Waals surface area contributed by atoms with Crippen LogP contribution in [0.4, 0.5) is 5.13 Å². The van der Waals surface area contributed by atoms with Crippen molar-refractivity contribution in [2.45, 2.75) is 52.3 Å². The van der Waals surface area contributed by atoms with Crippen LogP contribution >= 0.6 is 34.5 Å². The minimum atomic E-state index is -0.287. The molecule has 242 valence electrons. The average Bonchev–Trinajstić information content (AvgIpc) is 3.82. The fourth-order valence-electron chi connectivity index (χ4n) is 6.25. The maximum Gasteiger partial charge on any atom is 0.338 e. The minimum absolute atomic E-state index is 0.235. The van der Waals surface area contributed by atoms with Gasteiger partial charge in [0, 0.05) is 54.7 Å². The van der Waals surface area contributed by atoms with E-state index in [1.807, 2.05) is 30.3 Å². The average molecular weight is 678 g/mol. The summed E-state index contributed by atoms with van der Waals surface area (Å²) < 4.78 is 5.77. The molecule has 9 heteroatoms. The zero-order valence-electron chi connectivity index (χ0n) is 26.8. The lowest BCUT2D eigenvalue weighted by atomic mass is 9.99. The number of aromatic nitrogens is 1. The standard InChI is InChI=1S/C37H42Cl2N4O2S/c1-4-16-43(37-40-34(25(2)46-37)32-15-14-31(38)22-33(32)39)35(29-12-13-29)28-10-8-26(9-11-28)24-45-36(44)30-7-5-6-27(21-30)23-42-19-17-41(3)18-20-42/h5-11,14-15,21-22,29,35H,4,12-13,16-20,23-24H2,1-3H3. The van der Waals surface area contributed by atoms with Crippen LogP contribution in [0.3, 0.4) is 0 Å². The van der Waals surface area contributed by atoms with Gasteiger partial charge in [0.25, 0.3) is 0 Å². The molecule has 0 N–H and O–H groups in total. The summed E-state index contributed by atoms with van der Waals surface area (Å²) in [6.45, 7) is 10.6. The Kier molecular flexibility index (Phi) is 10.7. The van der Waals surface area contributed by atoms with Gasteiger partial charge in [-0.2, -0.15) is 0 Å². The van der Waals surface area contributed by atoms with Crippen LogP contribution in [-0.4, -0.2) is 60.5 Å². The van der Waals surface area contributed by atoms with Gasteiger partial charge in [-0.3, -0.25) is 4.90 Å². The summed E-state index contributed by atoms with van der Waals surface area (Å²) in [4.78, 5) is 26.5. The molecule has 1 saturated carbocycles. The highest BCUT2D eigenvalue weighted by Gasteiger charge is 2.37. The lowest BCUT2D eigenvalue weighted by Gasteiger charge is -2.32. The Balaban J connectivity index is 1.13. The summed E-state index contributed by atoms with van der Waals surface area (Å²) in [5, 5.41) is 2.25. The van der Waals surface area contributed by atoms with E-state index in [0.29, 0.717) is 21.5 Å². The lowest BCUT2D eigenvalue weighted by Crippen LogP contribution is -2.43. The zero-order valence-corrected chi connectivity index (χ0v) is 29.2. The number of aryl methyl sites for hydroxylation is 1. The highest BCUT2D eigenvalue weighted by molar-refractivity contribution is 7.16. The van der Waals surface area contributed by atoms with E-state index in [4.69, 9.17) is 32.9 Å². The first-order valence-electron chi connectivity index (χ1n) is 16.2. The highest BCUT2D eigenvalue weighted by Crippen LogP contribution is 2.48. The zero-order chi connectivity index (χ0) is 32.2. The number of rotatable bonds is 12. The number of benzene rings is 3. The van der Waals surface area contributed by atoms with Gasteiger partial charge in [-0.1, -0.05) is 66.5 Å². The van der Waals surface area contributed by atoms with Crippen LogP contribution in [0.25, 0.3) is 11.3 Å². The molecule has 1 unspecified atom stereocenters. The van der Waals surface area contributed by atoms with E-state index in [2.05, 4.69) is 65.9 Å². The first-order valence-corrected chi connectivity index (χ1v) is 17.8. The van der Waals surface area contributed by atoms with Crippen LogP contribution in [0.15, 0.2) is 66.7 Å². The van der Waals surface area contributed by atoms with Crippen molar-refractivity contribution in [3.8, 4) is 11.3 Å². The fraction of sp³-hybridized carbons (Fsp3) is 0.405. The van der Waals surface area contributed by atoms with Crippen molar-refractivity contribution in [3.05, 3.63) is 104 Å². The first-order chi connectivity index (χ1) is 22.3. The molecule has 6 nitrogen and oxygen atoms in total. The lowest BCUT2D eigenvalue weighted by molar-refractivity contribution is 0.0472. The molecule has 0 amide bonds. The van der Waals surface area contributed by atoms with Crippen LogP contribution in [0.2, 0.25) is 10.0 Å². The summed E-state index contributed by atoms with van der Waals surface area (Å²) >= 11 is 14.5. The van der Waals surface area contributed by atoms with Crippen LogP contribution < -0.4 is 4.90 Å². The SMILES string of the molecule is CCCN(c1nc(-c2ccc(Cl)cc2Cl)c(C)s1)C(c1ccc(COC(=O)c2cccc(CN3CCN(C)CC3)c2)cc1)C1CC1. The molecule has 6 rings (SSSR count). The van der Waals surface area contributed by atoms with Crippen LogP contribution in [0, 0.1) is 12.8 Å². The molecule has 3 aromatic carbocycles. The van der Waals surface area contributed by atoms with Gasteiger partial charge in [-0.25, -0.2) is 9.78 Å². The Bertz CT molecular complexity index is 1650. The third-order valence-electron chi connectivity index (χ3n) is 8.94. The number of ether oxygens (including phenoxy) is 1. The molecule has 1 aromatic heterocycles. The number of esters is 1. The molecule has 1 aliphatic heterocycles. The topological polar surface area (TPSA) is 48.9 Å². The molecule has 1 aliphatic carbocycles. The van der Waals surface area contributed by atoms with Crippen molar-refractivity contribution in [1.82, 2.24) is 14.8 Å². The third-order valence-corrected chi connectivity index (χ3v) is 10.5. The Hall–Kier alpha value is -2.94. The largest absolute Gasteiger partial charge is 0.457 e. The van der Waals surface area contributed by atoms with Crippen LogP contribution in [-0.2, 0) is 17.9 Å². The van der Waals surface area contributed by atoms with Gasteiger partial charge in [-0.05, 0) is 86.2 Å². The third kappa shape index (κ3) is 7.95. The number of hydrogen-bond acceptors (Lipinski definition) is 7. The smallest absolute Gasteiger partial charge is 0.338 e. The van der Waals surface area contributed by atoms with Crippen molar-refractivity contribution in [2.75, 3.05) is 44.7 Å². The predicted octanol–water partition coefficient (Wildman–Crippen LogP) is 8.90. The second kappa shape index (κ2) is 14.9. The molecular formula is C37H42Cl2N4O2S. The molecule has 0 radical (unpaired) electrons. The summed E-state index contributed by atoms with van der Waals surface area (Å²) in [5.74, 6) is 0.296. The summed E-state index contributed by atoms with van der Waals surface area (Å²) in [7, 11) is 2.16. The number of carbonyl (C=O) groups excluding carboxylic acids is 1. The fourth-order valence-corrected chi connectivity index (χ4v) is 7.74. The monoisotopic (exact) mass is 676 g/mol. The number of nitrogens with zero attached hydrogens (tertiary/aromatic N) is 4. The second-order valence-electron chi connectivity index (χ2n) is 12.6. The number of carbonyl (C=O) groups is 1.